The Balaban J connectivity index is 2.55. The molecule has 0 aliphatic heterocycles. The van der Waals surface area contributed by atoms with Crippen LogP contribution in [0.5, 0.6) is 0 Å². The van der Waals surface area contributed by atoms with Gasteiger partial charge in [0.15, 0.2) is 0 Å². The maximum absolute atomic E-state index is 10.0. The van der Waals surface area contributed by atoms with E-state index in [-0.39, 0.29) is 6.61 Å². The Morgan fingerprint density at radius 1 is 0.895 bits per heavy atom. The molecule has 1 atom stereocenters. The quantitative estimate of drug-likeness (QED) is 0.863. The molecule has 0 aliphatic rings. The highest BCUT2D eigenvalue weighted by molar-refractivity contribution is 5.39. The van der Waals surface area contributed by atoms with E-state index >= 15 is 0 Å². The Morgan fingerprint density at radius 3 is 1.63 bits per heavy atom. The third-order valence-electron chi connectivity index (χ3n) is 3.57. The van der Waals surface area contributed by atoms with E-state index in [1.807, 2.05) is 60.7 Å². The van der Waals surface area contributed by atoms with Crippen molar-refractivity contribution in [2.24, 2.45) is 0 Å². The SMILES string of the molecule is CC(O)CC(CO)(c1ccccc1)c1ccccc1. The van der Waals surface area contributed by atoms with Gasteiger partial charge in [-0.2, -0.15) is 0 Å². The molecule has 0 spiro atoms. The molecule has 2 aromatic carbocycles. The summed E-state index contributed by atoms with van der Waals surface area (Å²) in [6.07, 6.45) is 0.0184. The standard InChI is InChI=1S/C17H20O2/c1-14(19)12-17(13-18,15-8-4-2-5-9-15)16-10-6-3-7-11-16/h2-11,14,18-19H,12-13H2,1H3. The lowest BCUT2D eigenvalue weighted by Gasteiger charge is -2.34. The van der Waals surface area contributed by atoms with Crippen LogP contribution in [0.25, 0.3) is 0 Å². The van der Waals surface area contributed by atoms with Crippen LogP contribution in [0.4, 0.5) is 0 Å². The Bertz CT molecular complexity index is 452. The molecule has 2 heteroatoms. The molecule has 0 fully saturated rings. The van der Waals surface area contributed by atoms with Crippen molar-refractivity contribution in [3.8, 4) is 0 Å². The molecule has 0 bridgehead atoms. The normalized spacial score (nSPS) is 13.2. The first kappa shape index (κ1) is 13.8. The number of hydrogen-bond donors (Lipinski definition) is 2. The maximum atomic E-state index is 10.0. The molecule has 0 amide bonds. The number of aliphatic hydroxyl groups excluding tert-OH is 2. The van der Waals surface area contributed by atoms with Crippen molar-refractivity contribution in [1.82, 2.24) is 0 Å². The predicted molar refractivity (Wildman–Crippen MR) is 77.0 cm³/mol. The molecular formula is C17H20O2. The molecule has 0 aromatic heterocycles. The Morgan fingerprint density at radius 2 is 1.32 bits per heavy atom. The highest BCUT2D eigenvalue weighted by Crippen LogP contribution is 2.36. The van der Waals surface area contributed by atoms with Crippen molar-refractivity contribution in [1.29, 1.82) is 0 Å². The molecule has 0 heterocycles. The lowest BCUT2D eigenvalue weighted by atomic mass is 9.71. The smallest absolute Gasteiger partial charge is 0.0569 e. The van der Waals surface area contributed by atoms with E-state index in [1.54, 1.807) is 6.92 Å². The van der Waals surface area contributed by atoms with Gasteiger partial charge in [-0.1, -0.05) is 60.7 Å². The Hall–Kier alpha value is -1.64. The average molecular weight is 256 g/mol. The van der Waals surface area contributed by atoms with E-state index in [0.29, 0.717) is 6.42 Å². The first-order chi connectivity index (χ1) is 9.19. The minimum atomic E-state index is -0.545. The Kier molecular flexibility index (Phi) is 4.35. The van der Waals surface area contributed by atoms with Crippen molar-refractivity contribution in [3.63, 3.8) is 0 Å². The summed E-state index contributed by atoms with van der Waals surface area (Å²) in [5.41, 5.74) is 1.52. The second-order valence-electron chi connectivity index (χ2n) is 5.03. The van der Waals surface area contributed by atoms with Crippen molar-refractivity contribution >= 4 is 0 Å². The molecule has 2 N–H and O–H groups in total. The predicted octanol–water partition coefficient (Wildman–Crippen LogP) is 2.74. The number of aliphatic hydroxyl groups is 2. The molecule has 2 aromatic rings. The van der Waals surface area contributed by atoms with Crippen LogP contribution in [-0.4, -0.2) is 22.9 Å². The minimum absolute atomic E-state index is 0.0219. The van der Waals surface area contributed by atoms with Crippen LogP contribution >= 0.6 is 0 Å². The van der Waals surface area contributed by atoms with Crippen LogP contribution in [0.1, 0.15) is 24.5 Å². The summed E-state index contributed by atoms with van der Waals surface area (Å²) in [5, 5.41) is 19.9. The van der Waals surface area contributed by atoms with Crippen molar-refractivity contribution < 1.29 is 10.2 Å². The second-order valence-corrected chi connectivity index (χ2v) is 5.03. The summed E-state index contributed by atoms with van der Waals surface area (Å²) >= 11 is 0. The summed E-state index contributed by atoms with van der Waals surface area (Å²) in [4.78, 5) is 0. The zero-order valence-corrected chi connectivity index (χ0v) is 11.2. The lowest BCUT2D eigenvalue weighted by molar-refractivity contribution is 0.124. The molecule has 0 aliphatic carbocycles. The highest BCUT2D eigenvalue weighted by atomic mass is 16.3. The summed E-state index contributed by atoms with van der Waals surface area (Å²) in [7, 11) is 0. The zero-order chi connectivity index (χ0) is 13.7. The summed E-state index contributed by atoms with van der Waals surface area (Å²) in [6.45, 7) is 1.74. The van der Waals surface area contributed by atoms with Gasteiger partial charge in [0.05, 0.1) is 12.7 Å². The molecule has 100 valence electrons. The molecule has 0 radical (unpaired) electrons. The van der Waals surface area contributed by atoms with Crippen LogP contribution in [0.3, 0.4) is 0 Å². The van der Waals surface area contributed by atoms with Crippen molar-refractivity contribution in [2.45, 2.75) is 24.9 Å². The highest BCUT2D eigenvalue weighted by Gasteiger charge is 2.34. The van der Waals surface area contributed by atoms with E-state index in [0.717, 1.165) is 11.1 Å². The van der Waals surface area contributed by atoms with Crippen LogP contribution in [0.2, 0.25) is 0 Å². The van der Waals surface area contributed by atoms with Gasteiger partial charge in [0.25, 0.3) is 0 Å². The van der Waals surface area contributed by atoms with Gasteiger partial charge in [-0.05, 0) is 24.5 Å². The van der Waals surface area contributed by atoms with Crippen molar-refractivity contribution in [3.05, 3.63) is 71.8 Å². The van der Waals surface area contributed by atoms with E-state index in [4.69, 9.17) is 0 Å². The van der Waals surface area contributed by atoms with Crippen LogP contribution in [0, 0.1) is 0 Å². The fourth-order valence-corrected chi connectivity index (χ4v) is 2.67. The third-order valence-corrected chi connectivity index (χ3v) is 3.57. The maximum Gasteiger partial charge on any atom is 0.0569 e. The molecule has 0 saturated heterocycles. The molecule has 1 unspecified atom stereocenters. The fraction of sp³-hybridized carbons (Fsp3) is 0.294. The number of rotatable bonds is 5. The van der Waals surface area contributed by atoms with Crippen LogP contribution in [-0.2, 0) is 5.41 Å². The van der Waals surface area contributed by atoms with Gasteiger partial charge in [-0.3, -0.25) is 0 Å². The van der Waals surface area contributed by atoms with Gasteiger partial charge in [0.2, 0.25) is 0 Å². The molecule has 0 saturated carbocycles. The number of benzene rings is 2. The fourth-order valence-electron chi connectivity index (χ4n) is 2.67. The van der Waals surface area contributed by atoms with E-state index < -0.39 is 11.5 Å². The van der Waals surface area contributed by atoms with Gasteiger partial charge in [0.1, 0.15) is 0 Å². The van der Waals surface area contributed by atoms with E-state index in [2.05, 4.69) is 0 Å². The Labute approximate surface area is 114 Å². The molecule has 2 rings (SSSR count). The largest absolute Gasteiger partial charge is 0.395 e. The van der Waals surface area contributed by atoms with Gasteiger partial charge in [-0.25, -0.2) is 0 Å². The lowest BCUT2D eigenvalue weighted by Crippen LogP contribution is -2.35. The number of hydrogen-bond acceptors (Lipinski definition) is 2. The van der Waals surface area contributed by atoms with E-state index in [1.165, 1.54) is 0 Å². The minimum Gasteiger partial charge on any atom is -0.395 e. The monoisotopic (exact) mass is 256 g/mol. The van der Waals surface area contributed by atoms with Crippen LogP contribution in [0.15, 0.2) is 60.7 Å². The van der Waals surface area contributed by atoms with Gasteiger partial charge >= 0.3 is 0 Å². The summed E-state index contributed by atoms with van der Waals surface area (Å²) in [6, 6.07) is 19.8. The molecular weight excluding hydrogens is 236 g/mol. The third kappa shape index (κ3) is 2.86. The zero-order valence-electron chi connectivity index (χ0n) is 11.2. The average Bonchev–Trinajstić information content (AvgIpc) is 2.46. The summed E-state index contributed by atoms with van der Waals surface area (Å²) < 4.78 is 0. The first-order valence-electron chi connectivity index (χ1n) is 6.59. The van der Waals surface area contributed by atoms with Crippen LogP contribution < -0.4 is 0 Å². The van der Waals surface area contributed by atoms with E-state index in [9.17, 15) is 10.2 Å². The van der Waals surface area contributed by atoms with Gasteiger partial charge in [0, 0.05) is 5.41 Å². The second kappa shape index (κ2) is 6.00. The molecule has 2 nitrogen and oxygen atoms in total. The molecule has 19 heavy (non-hydrogen) atoms. The topological polar surface area (TPSA) is 40.5 Å². The van der Waals surface area contributed by atoms with Crippen molar-refractivity contribution in [2.75, 3.05) is 6.61 Å². The van der Waals surface area contributed by atoms with Gasteiger partial charge < -0.3 is 10.2 Å². The van der Waals surface area contributed by atoms with Gasteiger partial charge in [-0.15, -0.1) is 0 Å². The summed E-state index contributed by atoms with van der Waals surface area (Å²) in [5.74, 6) is 0. The first-order valence-corrected chi connectivity index (χ1v) is 6.59.